The van der Waals surface area contributed by atoms with Crippen molar-refractivity contribution in [2.24, 2.45) is 0 Å². The lowest BCUT2D eigenvalue weighted by Gasteiger charge is -2.34. The van der Waals surface area contributed by atoms with Gasteiger partial charge in [0.25, 0.3) is 0 Å². The Labute approximate surface area is 148 Å². The molecule has 0 aromatic heterocycles. The lowest BCUT2D eigenvalue weighted by Crippen LogP contribution is -2.47. The predicted octanol–water partition coefficient (Wildman–Crippen LogP) is 3.26. The van der Waals surface area contributed by atoms with Crippen LogP contribution in [0.3, 0.4) is 0 Å². The average Bonchev–Trinajstić information content (AvgIpc) is 2.96. The fourth-order valence-corrected chi connectivity index (χ4v) is 4.19. The summed E-state index contributed by atoms with van der Waals surface area (Å²) in [5.74, 6) is -0.288. The van der Waals surface area contributed by atoms with Crippen LogP contribution in [0.5, 0.6) is 0 Å². The van der Waals surface area contributed by atoms with Crippen LogP contribution in [0.25, 0.3) is 0 Å². The second-order valence-electron chi connectivity index (χ2n) is 6.88. The highest BCUT2D eigenvalue weighted by molar-refractivity contribution is 7.90. The molecule has 132 valence electrons. The van der Waals surface area contributed by atoms with Gasteiger partial charge in [0.05, 0.1) is 24.8 Å². The quantitative estimate of drug-likeness (QED) is 0.584. The number of aryl methyl sites for hydroxylation is 1. The zero-order chi connectivity index (χ0) is 17.7. The summed E-state index contributed by atoms with van der Waals surface area (Å²) in [7, 11) is 0. The average molecular weight is 349 g/mol. The summed E-state index contributed by atoms with van der Waals surface area (Å²) < 4.78 is 19.6. The molecular formula is C19H27NO3S. The molecule has 4 nitrogen and oxygen atoms in total. The molecule has 2 atom stereocenters. The third-order valence-corrected chi connectivity index (χ3v) is 5.87. The molecule has 0 N–H and O–H groups in total. The summed E-state index contributed by atoms with van der Waals surface area (Å²) in [4.78, 5) is 12.3. The van der Waals surface area contributed by atoms with Gasteiger partial charge in [0.2, 0.25) is 0 Å². The Morgan fingerprint density at radius 3 is 2.58 bits per heavy atom. The number of carbonyl (C=O) groups is 1. The van der Waals surface area contributed by atoms with Crippen LogP contribution >= 0.6 is 0 Å². The fourth-order valence-electron chi connectivity index (χ4n) is 2.82. The number of rotatable bonds is 6. The molecule has 0 saturated carbocycles. The maximum Gasteiger partial charge on any atom is 0.335 e. The van der Waals surface area contributed by atoms with Gasteiger partial charge in [-0.05, 0) is 46.1 Å². The van der Waals surface area contributed by atoms with E-state index in [9.17, 15) is 9.35 Å². The van der Waals surface area contributed by atoms with Gasteiger partial charge in [0, 0.05) is 11.4 Å². The summed E-state index contributed by atoms with van der Waals surface area (Å²) in [6, 6.07) is 10.0. The molecule has 1 unspecified atom stereocenters. The largest absolute Gasteiger partial charge is 0.597 e. The van der Waals surface area contributed by atoms with Gasteiger partial charge in [-0.1, -0.05) is 36.4 Å². The Hall–Kier alpha value is -1.30. The Balaban J connectivity index is 2.16. The van der Waals surface area contributed by atoms with Crippen LogP contribution in [0.1, 0.15) is 39.7 Å². The van der Waals surface area contributed by atoms with Crippen molar-refractivity contribution in [3.8, 4) is 0 Å². The van der Waals surface area contributed by atoms with E-state index in [4.69, 9.17) is 4.74 Å². The van der Waals surface area contributed by atoms with E-state index in [0.717, 1.165) is 12.8 Å². The number of ether oxygens (including phenoxy) is 1. The highest BCUT2D eigenvalue weighted by Crippen LogP contribution is 2.32. The Kier molecular flexibility index (Phi) is 6.49. The minimum absolute atomic E-state index is 0.163. The number of esters is 1. The molecule has 1 aliphatic heterocycles. The summed E-state index contributed by atoms with van der Waals surface area (Å²) in [5, 5.41) is 0. The summed E-state index contributed by atoms with van der Waals surface area (Å²) in [6.45, 7) is 8.55. The van der Waals surface area contributed by atoms with E-state index < -0.39 is 11.4 Å². The van der Waals surface area contributed by atoms with Crippen molar-refractivity contribution in [1.29, 1.82) is 0 Å². The highest BCUT2D eigenvalue weighted by atomic mass is 32.2. The molecular weight excluding hydrogens is 322 g/mol. The van der Waals surface area contributed by atoms with Crippen LogP contribution < -0.4 is 0 Å². The lowest BCUT2D eigenvalue weighted by atomic mass is 10.0. The molecule has 0 bridgehead atoms. The van der Waals surface area contributed by atoms with Gasteiger partial charge in [-0.15, -0.1) is 4.31 Å². The molecule has 1 heterocycles. The molecule has 0 amide bonds. The van der Waals surface area contributed by atoms with Crippen LogP contribution in [0.15, 0.2) is 42.0 Å². The molecule has 0 saturated heterocycles. The lowest BCUT2D eigenvalue weighted by molar-refractivity contribution is -0.138. The molecule has 24 heavy (non-hydrogen) atoms. The standard InChI is InChI=1S/C19H27NO3S/c1-5-23-18(21)16-13-14-20(24(22)19(2,3)4)17(16)12-11-15-9-7-6-8-10-15/h6-10,13,17H,5,11-12,14H2,1-4H3/t17?,24-/m1/s1. The molecule has 0 spiro atoms. The van der Waals surface area contributed by atoms with Gasteiger partial charge in [-0.3, -0.25) is 0 Å². The Morgan fingerprint density at radius 2 is 2.00 bits per heavy atom. The minimum atomic E-state index is -1.17. The molecule has 0 radical (unpaired) electrons. The smallest absolute Gasteiger partial charge is 0.335 e. The first-order valence-corrected chi connectivity index (χ1v) is 9.55. The third-order valence-electron chi connectivity index (χ3n) is 4.00. The van der Waals surface area contributed by atoms with E-state index in [2.05, 4.69) is 12.1 Å². The van der Waals surface area contributed by atoms with E-state index in [1.165, 1.54) is 5.56 Å². The molecule has 0 fully saturated rings. The van der Waals surface area contributed by atoms with Crippen LogP contribution in [-0.4, -0.2) is 38.8 Å². The van der Waals surface area contributed by atoms with Crippen molar-refractivity contribution in [3.63, 3.8) is 0 Å². The normalized spacial score (nSPS) is 19.9. The summed E-state index contributed by atoms with van der Waals surface area (Å²) in [6.07, 6.45) is 3.45. The second-order valence-corrected chi connectivity index (χ2v) is 9.07. The topological polar surface area (TPSA) is 52.6 Å². The zero-order valence-electron chi connectivity index (χ0n) is 15.0. The molecule has 1 aromatic rings. The second kappa shape index (κ2) is 8.19. The number of carbonyl (C=O) groups excluding carboxylic acids is 1. The monoisotopic (exact) mass is 349 g/mol. The van der Waals surface area contributed by atoms with E-state index in [1.807, 2.05) is 49.4 Å². The minimum Gasteiger partial charge on any atom is -0.597 e. The van der Waals surface area contributed by atoms with Crippen LogP contribution in [0, 0.1) is 0 Å². The Bertz CT molecular complexity index is 580. The van der Waals surface area contributed by atoms with Gasteiger partial charge >= 0.3 is 5.97 Å². The third kappa shape index (κ3) is 4.62. The van der Waals surface area contributed by atoms with Crippen LogP contribution in [0.2, 0.25) is 0 Å². The first-order chi connectivity index (χ1) is 11.3. The van der Waals surface area contributed by atoms with E-state index in [-0.39, 0.29) is 16.8 Å². The molecule has 2 rings (SSSR count). The molecule has 1 aliphatic rings. The number of hydrogen-bond donors (Lipinski definition) is 0. The number of hydrogen-bond acceptors (Lipinski definition) is 4. The van der Waals surface area contributed by atoms with E-state index in [1.54, 1.807) is 6.92 Å². The predicted molar refractivity (Wildman–Crippen MR) is 97.9 cm³/mol. The Morgan fingerprint density at radius 1 is 1.33 bits per heavy atom. The first kappa shape index (κ1) is 19.0. The van der Waals surface area contributed by atoms with Gasteiger partial charge in [0.1, 0.15) is 4.75 Å². The van der Waals surface area contributed by atoms with E-state index in [0.29, 0.717) is 18.7 Å². The highest BCUT2D eigenvalue weighted by Gasteiger charge is 2.43. The molecule has 1 aromatic carbocycles. The van der Waals surface area contributed by atoms with Crippen molar-refractivity contribution in [2.45, 2.75) is 51.3 Å². The van der Waals surface area contributed by atoms with Crippen molar-refractivity contribution in [1.82, 2.24) is 4.31 Å². The van der Waals surface area contributed by atoms with Crippen LogP contribution in [0.4, 0.5) is 0 Å². The van der Waals surface area contributed by atoms with Gasteiger partial charge in [-0.2, -0.15) is 0 Å². The van der Waals surface area contributed by atoms with Crippen LogP contribution in [-0.2, 0) is 27.3 Å². The zero-order valence-corrected chi connectivity index (χ0v) is 15.8. The SMILES string of the molecule is CCOC(=O)C1=CCN([S@+]([O-])C(C)(C)C)C1CCc1ccccc1. The molecule has 5 heteroatoms. The maximum atomic E-state index is 12.9. The van der Waals surface area contributed by atoms with Crippen molar-refractivity contribution >= 4 is 17.3 Å². The van der Waals surface area contributed by atoms with Gasteiger partial charge < -0.3 is 9.29 Å². The first-order valence-electron chi connectivity index (χ1n) is 8.44. The molecule has 0 aliphatic carbocycles. The number of benzene rings is 1. The van der Waals surface area contributed by atoms with E-state index >= 15 is 0 Å². The maximum absolute atomic E-state index is 12.9. The summed E-state index contributed by atoms with van der Waals surface area (Å²) >= 11 is -1.17. The van der Waals surface area contributed by atoms with Gasteiger partial charge in [-0.25, -0.2) is 4.79 Å². The fraction of sp³-hybridized carbons (Fsp3) is 0.526. The van der Waals surface area contributed by atoms with Crippen molar-refractivity contribution < 1.29 is 14.1 Å². The van der Waals surface area contributed by atoms with Crippen molar-refractivity contribution in [2.75, 3.05) is 13.2 Å². The van der Waals surface area contributed by atoms with Gasteiger partial charge in [0.15, 0.2) is 0 Å². The number of nitrogens with zero attached hydrogens (tertiary/aromatic N) is 1. The summed E-state index contributed by atoms with van der Waals surface area (Å²) in [5.41, 5.74) is 1.86. The van der Waals surface area contributed by atoms with Crippen molar-refractivity contribution in [3.05, 3.63) is 47.5 Å².